The lowest BCUT2D eigenvalue weighted by Crippen LogP contribution is -2.36. The van der Waals surface area contributed by atoms with Crippen LogP contribution in [0.25, 0.3) is 10.8 Å². The van der Waals surface area contributed by atoms with E-state index in [-0.39, 0.29) is 5.91 Å². The number of nitrogens with zero attached hydrogens (tertiary/aromatic N) is 2. The highest BCUT2D eigenvalue weighted by Crippen LogP contribution is 2.21. The number of aryl methyl sites for hydroxylation is 1. The summed E-state index contributed by atoms with van der Waals surface area (Å²) < 4.78 is 5.74. The normalized spacial score (nSPS) is 11.9. The average Bonchev–Trinajstić information content (AvgIpc) is 2.61. The Hall–Kier alpha value is -2.95. The van der Waals surface area contributed by atoms with E-state index in [2.05, 4.69) is 15.3 Å². The van der Waals surface area contributed by atoms with Crippen LogP contribution in [0.3, 0.4) is 0 Å². The van der Waals surface area contributed by atoms with Crippen LogP contribution in [0, 0.1) is 6.92 Å². The van der Waals surface area contributed by atoms with E-state index in [4.69, 9.17) is 4.74 Å². The zero-order valence-electron chi connectivity index (χ0n) is 13.7. The summed E-state index contributed by atoms with van der Waals surface area (Å²) in [5.41, 5.74) is 1.56. The van der Waals surface area contributed by atoms with Gasteiger partial charge < -0.3 is 10.1 Å². The van der Waals surface area contributed by atoms with Crippen LogP contribution in [0.4, 0.5) is 0 Å². The molecule has 1 heterocycles. The SMILES string of the molecule is Cc1cnc(CNC(=O)C(C)Oc2ccc3ccccc3c2)cn1. The lowest BCUT2D eigenvalue weighted by Gasteiger charge is -2.15. The molecule has 1 atom stereocenters. The number of aromatic nitrogens is 2. The standard InChI is InChI=1S/C19H19N3O2/c1-13-10-21-17(11-20-13)12-22-19(23)14(2)24-18-8-7-15-5-3-4-6-16(15)9-18/h3-11,14H,12H2,1-2H3,(H,22,23). The number of fused-ring (bicyclic) bond motifs is 1. The van der Waals surface area contributed by atoms with Gasteiger partial charge in [0.1, 0.15) is 5.75 Å². The fourth-order valence-corrected chi connectivity index (χ4v) is 2.33. The molecular weight excluding hydrogens is 302 g/mol. The Balaban J connectivity index is 1.59. The zero-order chi connectivity index (χ0) is 16.9. The van der Waals surface area contributed by atoms with Gasteiger partial charge in [-0.05, 0) is 36.8 Å². The number of benzene rings is 2. The highest BCUT2D eigenvalue weighted by Gasteiger charge is 2.14. The van der Waals surface area contributed by atoms with E-state index < -0.39 is 6.10 Å². The first-order chi connectivity index (χ1) is 11.6. The van der Waals surface area contributed by atoms with Gasteiger partial charge in [-0.3, -0.25) is 14.8 Å². The van der Waals surface area contributed by atoms with Gasteiger partial charge in [0, 0.05) is 6.20 Å². The van der Waals surface area contributed by atoms with Crippen LogP contribution >= 0.6 is 0 Å². The fourth-order valence-electron chi connectivity index (χ4n) is 2.33. The van der Waals surface area contributed by atoms with Crippen LogP contribution < -0.4 is 10.1 Å². The van der Waals surface area contributed by atoms with Crippen molar-refractivity contribution in [3.63, 3.8) is 0 Å². The number of ether oxygens (including phenoxy) is 1. The van der Waals surface area contributed by atoms with Crippen molar-refractivity contribution >= 4 is 16.7 Å². The van der Waals surface area contributed by atoms with E-state index in [1.165, 1.54) is 0 Å². The van der Waals surface area contributed by atoms with Crippen molar-refractivity contribution in [1.82, 2.24) is 15.3 Å². The molecule has 0 radical (unpaired) electrons. The Bertz CT molecular complexity index is 847. The number of hydrogen-bond donors (Lipinski definition) is 1. The summed E-state index contributed by atoms with van der Waals surface area (Å²) in [4.78, 5) is 20.5. The van der Waals surface area contributed by atoms with Gasteiger partial charge in [-0.25, -0.2) is 0 Å². The van der Waals surface area contributed by atoms with Crippen molar-refractivity contribution in [2.45, 2.75) is 26.5 Å². The smallest absolute Gasteiger partial charge is 0.261 e. The summed E-state index contributed by atoms with van der Waals surface area (Å²) in [6, 6.07) is 13.8. The van der Waals surface area contributed by atoms with E-state index in [0.29, 0.717) is 18.0 Å². The molecule has 0 bridgehead atoms. The lowest BCUT2D eigenvalue weighted by atomic mass is 10.1. The Morgan fingerprint density at radius 2 is 1.92 bits per heavy atom. The van der Waals surface area contributed by atoms with Gasteiger partial charge in [0.25, 0.3) is 5.91 Å². The molecule has 3 rings (SSSR count). The van der Waals surface area contributed by atoms with Crippen molar-refractivity contribution in [2.24, 2.45) is 0 Å². The van der Waals surface area contributed by atoms with Crippen LogP contribution in [0.1, 0.15) is 18.3 Å². The predicted octanol–water partition coefficient (Wildman–Crippen LogP) is 3.02. The van der Waals surface area contributed by atoms with Gasteiger partial charge in [0.2, 0.25) is 0 Å². The second-order valence-corrected chi connectivity index (χ2v) is 5.64. The molecule has 1 unspecified atom stereocenters. The van der Waals surface area contributed by atoms with Gasteiger partial charge in [-0.2, -0.15) is 0 Å². The molecular formula is C19H19N3O2. The maximum Gasteiger partial charge on any atom is 0.261 e. The molecule has 0 aliphatic carbocycles. The highest BCUT2D eigenvalue weighted by molar-refractivity contribution is 5.84. The number of carbonyl (C=O) groups is 1. The third-order valence-electron chi connectivity index (χ3n) is 3.68. The largest absolute Gasteiger partial charge is 0.481 e. The lowest BCUT2D eigenvalue weighted by molar-refractivity contribution is -0.127. The second-order valence-electron chi connectivity index (χ2n) is 5.64. The van der Waals surface area contributed by atoms with Gasteiger partial charge >= 0.3 is 0 Å². The van der Waals surface area contributed by atoms with Crippen molar-refractivity contribution in [2.75, 3.05) is 0 Å². The van der Waals surface area contributed by atoms with Crippen LogP contribution in [0.5, 0.6) is 5.75 Å². The monoisotopic (exact) mass is 321 g/mol. The molecule has 2 aromatic carbocycles. The minimum absolute atomic E-state index is 0.189. The highest BCUT2D eigenvalue weighted by atomic mass is 16.5. The molecule has 0 saturated carbocycles. The zero-order valence-corrected chi connectivity index (χ0v) is 13.7. The summed E-state index contributed by atoms with van der Waals surface area (Å²) in [6.07, 6.45) is 2.74. The molecule has 1 aromatic heterocycles. The van der Waals surface area contributed by atoms with Crippen LogP contribution in [0.2, 0.25) is 0 Å². The number of hydrogen-bond acceptors (Lipinski definition) is 4. The summed E-state index contributed by atoms with van der Waals surface area (Å²) in [6.45, 7) is 3.93. The molecule has 122 valence electrons. The Morgan fingerprint density at radius 3 is 2.67 bits per heavy atom. The fraction of sp³-hybridized carbons (Fsp3) is 0.211. The van der Waals surface area contributed by atoms with E-state index in [1.807, 2.05) is 49.4 Å². The average molecular weight is 321 g/mol. The van der Waals surface area contributed by atoms with Gasteiger partial charge in [-0.1, -0.05) is 30.3 Å². The van der Waals surface area contributed by atoms with E-state index in [1.54, 1.807) is 19.3 Å². The van der Waals surface area contributed by atoms with Crippen molar-refractivity contribution in [1.29, 1.82) is 0 Å². The van der Waals surface area contributed by atoms with Gasteiger partial charge in [-0.15, -0.1) is 0 Å². The molecule has 1 N–H and O–H groups in total. The summed E-state index contributed by atoms with van der Waals surface area (Å²) in [7, 11) is 0. The molecule has 0 saturated heterocycles. The van der Waals surface area contributed by atoms with Crippen molar-refractivity contribution in [3.05, 3.63) is 66.2 Å². The molecule has 0 aliphatic heterocycles. The van der Waals surface area contributed by atoms with Crippen LogP contribution in [-0.4, -0.2) is 22.0 Å². The van der Waals surface area contributed by atoms with Gasteiger partial charge in [0.15, 0.2) is 6.10 Å². The second kappa shape index (κ2) is 7.08. The van der Waals surface area contributed by atoms with E-state index in [0.717, 1.165) is 16.5 Å². The minimum atomic E-state index is -0.593. The summed E-state index contributed by atoms with van der Waals surface area (Å²) in [5, 5.41) is 5.03. The Morgan fingerprint density at radius 1 is 1.12 bits per heavy atom. The maximum absolute atomic E-state index is 12.2. The minimum Gasteiger partial charge on any atom is -0.481 e. The molecule has 24 heavy (non-hydrogen) atoms. The Kier molecular flexibility index (Phi) is 4.70. The quantitative estimate of drug-likeness (QED) is 0.784. The number of nitrogens with one attached hydrogen (secondary N) is 1. The summed E-state index contributed by atoms with van der Waals surface area (Å²) >= 11 is 0. The van der Waals surface area contributed by atoms with Crippen LogP contribution in [-0.2, 0) is 11.3 Å². The topological polar surface area (TPSA) is 64.1 Å². The third-order valence-corrected chi connectivity index (χ3v) is 3.68. The van der Waals surface area contributed by atoms with Crippen LogP contribution in [0.15, 0.2) is 54.9 Å². The van der Waals surface area contributed by atoms with E-state index >= 15 is 0 Å². The molecule has 1 amide bonds. The number of carbonyl (C=O) groups excluding carboxylic acids is 1. The molecule has 0 spiro atoms. The summed E-state index contributed by atoms with van der Waals surface area (Å²) in [5.74, 6) is 0.483. The maximum atomic E-state index is 12.2. The molecule has 3 aromatic rings. The first-order valence-corrected chi connectivity index (χ1v) is 7.82. The first-order valence-electron chi connectivity index (χ1n) is 7.82. The molecule has 0 fully saturated rings. The first kappa shape index (κ1) is 15.9. The molecule has 0 aliphatic rings. The molecule has 5 heteroatoms. The number of amides is 1. The van der Waals surface area contributed by atoms with Crippen molar-refractivity contribution < 1.29 is 9.53 Å². The van der Waals surface area contributed by atoms with Gasteiger partial charge in [0.05, 0.1) is 24.1 Å². The van der Waals surface area contributed by atoms with E-state index in [9.17, 15) is 4.79 Å². The number of rotatable bonds is 5. The predicted molar refractivity (Wildman–Crippen MR) is 92.7 cm³/mol. The Labute approximate surface area is 140 Å². The molecule has 5 nitrogen and oxygen atoms in total. The third kappa shape index (κ3) is 3.87. The van der Waals surface area contributed by atoms with Crippen molar-refractivity contribution in [3.8, 4) is 5.75 Å².